The van der Waals surface area contributed by atoms with Gasteiger partial charge in [-0.1, -0.05) is 0 Å². The lowest BCUT2D eigenvalue weighted by Crippen LogP contribution is -3.00. The Labute approximate surface area is 72.4 Å². The molecular formula is C5H5BrIN. The van der Waals surface area contributed by atoms with E-state index in [9.17, 15) is 0 Å². The van der Waals surface area contributed by atoms with E-state index >= 15 is 0 Å². The fraction of sp³-hybridized carbons (Fsp3) is 0. The average molecular weight is 286 g/mol. The molecule has 0 aliphatic rings. The number of rotatable bonds is 0. The van der Waals surface area contributed by atoms with Gasteiger partial charge in [0.2, 0.25) is 0 Å². The molecule has 0 saturated carbocycles. The average Bonchev–Trinajstić information content (AvgIpc) is 1.69. The number of H-pyrrole nitrogens is 1. The quantitative estimate of drug-likeness (QED) is 0.495. The van der Waals surface area contributed by atoms with Gasteiger partial charge in [-0.05, 0) is 28.7 Å². The van der Waals surface area contributed by atoms with Crippen LogP contribution in [-0.4, -0.2) is 0 Å². The number of nitrogens with one attached hydrogen (secondary N) is 1. The number of halogens is 2. The zero-order valence-electron chi connectivity index (χ0n) is 4.07. The summed E-state index contributed by atoms with van der Waals surface area (Å²) < 4.78 is 1.24. The van der Waals surface area contributed by atoms with Crippen LogP contribution in [0.2, 0.25) is 0 Å². The van der Waals surface area contributed by atoms with Crippen molar-refractivity contribution in [2.75, 3.05) is 0 Å². The Morgan fingerprint density at radius 2 is 2.25 bits per heavy atom. The van der Waals surface area contributed by atoms with Crippen LogP contribution in [0.4, 0.5) is 0 Å². The third-order valence-electron chi connectivity index (χ3n) is 0.669. The molecule has 0 spiro atoms. The maximum absolute atomic E-state index is 2.95. The van der Waals surface area contributed by atoms with Crippen LogP contribution in [0.15, 0.2) is 24.5 Å². The van der Waals surface area contributed by atoms with Crippen LogP contribution < -0.4 is 22.0 Å². The van der Waals surface area contributed by atoms with Crippen molar-refractivity contribution >= 4 is 22.6 Å². The summed E-state index contributed by atoms with van der Waals surface area (Å²) in [6.45, 7) is 0. The minimum absolute atomic E-state index is 0. The van der Waals surface area contributed by atoms with Crippen LogP contribution >= 0.6 is 22.6 Å². The molecule has 0 fully saturated rings. The third kappa shape index (κ3) is 2.61. The van der Waals surface area contributed by atoms with Crippen LogP contribution in [0.25, 0.3) is 0 Å². The molecule has 3 heteroatoms. The lowest BCUT2D eigenvalue weighted by molar-refractivity contribution is -0.378. The zero-order chi connectivity index (χ0) is 5.11. The lowest BCUT2D eigenvalue weighted by Gasteiger charge is -1.74. The molecule has 1 N–H and O–H groups in total. The van der Waals surface area contributed by atoms with Gasteiger partial charge in [0.15, 0.2) is 12.4 Å². The van der Waals surface area contributed by atoms with Crippen LogP contribution in [0.3, 0.4) is 0 Å². The second-order valence-corrected chi connectivity index (χ2v) is 2.47. The SMILES string of the molecule is Ic1ccc[nH+]c1.[Br-]. The van der Waals surface area contributed by atoms with E-state index in [2.05, 4.69) is 27.6 Å². The molecule has 0 bridgehead atoms. The molecule has 1 rings (SSSR count). The van der Waals surface area contributed by atoms with Gasteiger partial charge in [0, 0.05) is 6.07 Å². The molecule has 0 aliphatic heterocycles. The molecule has 0 aliphatic carbocycles. The van der Waals surface area contributed by atoms with Crippen molar-refractivity contribution in [2.24, 2.45) is 0 Å². The molecule has 1 aromatic heterocycles. The van der Waals surface area contributed by atoms with Gasteiger partial charge >= 0.3 is 0 Å². The molecular weight excluding hydrogens is 281 g/mol. The monoisotopic (exact) mass is 285 g/mol. The van der Waals surface area contributed by atoms with Gasteiger partial charge in [0.1, 0.15) is 0 Å². The first-order chi connectivity index (χ1) is 3.39. The fourth-order valence-corrected chi connectivity index (χ4v) is 0.759. The third-order valence-corrected chi connectivity index (χ3v) is 1.34. The van der Waals surface area contributed by atoms with Gasteiger partial charge < -0.3 is 17.0 Å². The molecule has 1 aromatic rings. The van der Waals surface area contributed by atoms with Crippen LogP contribution in [-0.2, 0) is 0 Å². The first-order valence-corrected chi connectivity index (χ1v) is 3.09. The van der Waals surface area contributed by atoms with Crippen LogP contribution in [0, 0.1) is 3.57 Å². The molecule has 0 saturated heterocycles. The van der Waals surface area contributed by atoms with Crippen molar-refractivity contribution in [3.8, 4) is 0 Å². The molecule has 44 valence electrons. The highest BCUT2D eigenvalue weighted by molar-refractivity contribution is 14.1. The summed E-state index contributed by atoms with van der Waals surface area (Å²) >= 11 is 2.25. The Balaban J connectivity index is 0.000000490. The first kappa shape index (κ1) is 8.36. The smallest absolute Gasteiger partial charge is 0.180 e. The van der Waals surface area contributed by atoms with Crippen molar-refractivity contribution in [1.29, 1.82) is 0 Å². The van der Waals surface area contributed by atoms with Crippen molar-refractivity contribution in [1.82, 2.24) is 0 Å². The van der Waals surface area contributed by atoms with E-state index in [1.807, 2.05) is 24.5 Å². The van der Waals surface area contributed by atoms with E-state index in [0.717, 1.165) is 0 Å². The highest BCUT2D eigenvalue weighted by Crippen LogP contribution is 1.95. The first-order valence-electron chi connectivity index (χ1n) is 2.01. The van der Waals surface area contributed by atoms with Crippen LogP contribution in [0.1, 0.15) is 0 Å². The Kier molecular flexibility index (Phi) is 4.45. The normalized spacial score (nSPS) is 7.62. The standard InChI is InChI=1S/C5H4IN.BrH/c6-5-2-1-3-7-4-5;/h1-4H;1H. The summed E-state index contributed by atoms with van der Waals surface area (Å²) in [4.78, 5) is 2.95. The summed E-state index contributed by atoms with van der Waals surface area (Å²) in [6.07, 6.45) is 3.84. The van der Waals surface area contributed by atoms with Crippen molar-refractivity contribution in [2.45, 2.75) is 0 Å². The van der Waals surface area contributed by atoms with E-state index in [-0.39, 0.29) is 17.0 Å². The number of aromatic nitrogens is 1. The summed E-state index contributed by atoms with van der Waals surface area (Å²) in [5, 5.41) is 0. The number of pyridine rings is 1. The van der Waals surface area contributed by atoms with Gasteiger partial charge in [-0.15, -0.1) is 0 Å². The van der Waals surface area contributed by atoms with Crippen molar-refractivity contribution < 1.29 is 22.0 Å². The minimum Gasteiger partial charge on any atom is -1.00 e. The second-order valence-electron chi connectivity index (χ2n) is 1.22. The maximum Gasteiger partial charge on any atom is 0.180 e. The van der Waals surface area contributed by atoms with Crippen molar-refractivity contribution in [3.63, 3.8) is 0 Å². The largest absolute Gasteiger partial charge is 1.00 e. The van der Waals surface area contributed by atoms with Gasteiger partial charge in [0.05, 0.1) is 3.57 Å². The second kappa shape index (κ2) is 4.26. The number of hydrogen-bond acceptors (Lipinski definition) is 0. The van der Waals surface area contributed by atoms with Crippen LogP contribution in [0.5, 0.6) is 0 Å². The van der Waals surface area contributed by atoms with Crippen molar-refractivity contribution in [3.05, 3.63) is 28.1 Å². The Bertz CT molecular complexity index is 142. The topological polar surface area (TPSA) is 14.1 Å². The van der Waals surface area contributed by atoms with E-state index in [1.165, 1.54) is 3.57 Å². The highest BCUT2D eigenvalue weighted by atomic mass is 127. The fourth-order valence-electron chi connectivity index (χ4n) is 0.371. The zero-order valence-corrected chi connectivity index (χ0v) is 7.81. The molecule has 0 amide bonds. The number of hydrogen-bond donors (Lipinski definition) is 0. The lowest BCUT2D eigenvalue weighted by atomic mass is 10.5. The summed E-state index contributed by atoms with van der Waals surface area (Å²) in [6, 6.07) is 4.01. The van der Waals surface area contributed by atoms with Gasteiger partial charge in [0.25, 0.3) is 0 Å². The summed E-state index contributed by atoms with van der Waals surface area (Å²) in [5.41, 5.74) is 0. The Morgan fingerprint density at radius 1 is 1.50 bits per heavy atom. The molecule has 0 radical (unpaired) electrons. The van der Waals surface area contributed by atoms with Gasteiger partial charge in [-0.2, -0.15) is 0 Å². The predicted octanol–water partition coefficient (Wildman–Crippen LogP) is -1.89. The molecule has 0 unspecified atom stereocenters. The number of aromatic amines is 1. The van der Waals surface area contributed by atoms with E-state index in [4.69, 9.17) is 0 Å². The predicted molar refractivity (Wildman–Crippen MR) is 35.7 cm³/mol. The molecule has 1 heterocycles. The molecule has 1 nitrogen and oxygen atoms in total. The summed E-state index contributed by atoms with van der Waals surface area (Å²) in [7, 11) is 0. The molecule has 8 heavy (non-hydrogen) atoms. The summed E-state index contributed by atoms with van der Waals surface area (Å²) in [5.74, 6) is 0. The Morgan fingerprint density at radius 3 is 2.50 bits per heavy atom. The van der Waals surface area contributed by atoms with E-state index in [1.54, 1.807) is 0 Å². The maximum atomic E-state index is 2.95. The van der Waals surface area contributed by atoms with E-state index < -0.39 is 0 Å². The molecule has 0 aromatic carbocycles. The minimum atomic E-state index is 0. The van der Waals surface area contributed by atoms with E-state index in [0.29, 0.717) is 0 Å². The highest BCUT2D eigenvalue weighted by Gasteiger charge is 1.81. The van der Waals surface area contributed by atoms with Gasteiger partial charge in [-0.25, -0.2) is 4.98 Å². The Hall–Kier alpha value is 0.360. The molecule has 0 atom stereocenters. The van der Waals surface area contributed by atoms with Gasteiger partial charge in [-0.3, -0.25) is 0 Å².